The fourth-order valence-corrected chi connectivity index (χ4v) is 3.16. The molecule has 0 aliphatic carbocycles. The van der Waals surface area contributed by atoms with Gasteiger partial charge in [-0.05, 0) is 55.8 Å². The number of hydrogen-bond donors (Lipinski definition) is 2. The molecule has 3 rings (SSSR count). The molecule has 27 heavy (non-hydrogen) atoms. The lowest BCUT2D eigenvalue weighted by Gasteiger charge is -2.09. The van der Waals surface area contributed by atoms with Gasteiger partial charge in [0.15, 0.2) is 0 Å². The van der Waals surface area contributed by atoms with Crippen LogP contribution in [0.25, 0.3) is 16.9 Å². The van der Waals surface area contributed by atoms with Crippen molar-refractivity contribution < 1.29 is 13.2 Å². The van der Waals surface area contributed by atoms with Crippen molar-refractivity contribution in [2.75, 3.05) is 0 Å². The Morgan fingerprint density at radius 1 is 1.04 bits per heavy atom. The molecule has 142 valence electrons. The van der Waals surface area contributed by atoms with E-state index in [4.69, 9.17) is 21.5 Å². The minimum atomic E-state index is -3.72. The van der Waals surface area contributed by atoms with Crippen LogP contribution in [0.2, 0.25) is 5.02 Å². The number of primary sulfonamides is 1. The van der Waals surface area contributed by atoms with Crippen LogP contribution in [-0.2, 0) is 14.8 Å². The van der Waals surface area contributed by atoms with Gasteiger partial charge in [0.25, 0.3) is 0 Å². The third kappa shape index (κ3) is 4.73. The van der Waals surface area contributed by atoms with Crippen molar-refractivity contribution in [3.63, 3.8) is 0 Å². The Morgan fingerprint density at radius 3 is 2.04 bits per heavy atom. The molecule has 0 unspecified atom stereocenters. The van der Waals surface area contributed by atoms with Crippen molar-refractivity contribution >= 4 is 28.0 Å². The predicted molar refractivity (Wildman–Crippen MR) is 105 cm³/mol. The molecule has 0 radical (unpaired) electrons. The van der Waals surface area contributed by atoms with Gasteiger partial charge in [-0.25, -0.2) is 18.2 Å². The van der Waals surface area contributed by atoms with Crippen molar-refractivity contribution in [3.8, 4) is 16.9 Å². The van der Waals surface area contributed by atoms with Crippen LogP contribution in [0.4, 0.5) is 0 Å². The number of carbonyl (C=O) groups excluding carboxylic acids is 1. The normalized spacial score (nSPS) is 10.8. The third-order valence-electron chi connectivity index (χ3n) is 3.89. The fourth-order valence-electron chi connectivity index (χ4n) is 2.52. The van der Waals surface area contributed by atoms with E-state index < -0.39 is 10.0 Å². The summed E-state index contributed by atoms with van der Waals surface area (Å²) in [5, 5.41) is 10.4. The molecule has 9 heteroatoms. The summed E-state index contributed by atoms with van der Waals surface area (Å²) >= 11 is 5.97. The molecule has 0 aliphatic rings. The summed E-state index contributed by atoms with van der Waals surface area (Å²) in [5.41, 5.74) is 8.78. The molecule has 0 saturated heterocycles. The SMILES string of the molecule is Cc1nn(-c2ccc(S(N)(=O)=O)cc2)c(-c2ccc(Cl)cc2)c1C.NC=O. The van der Waals surface area contributed by atoms with Crippen molar-refractivity contribution in [1.82, 2.24) is 9.78 Å². The first-order valence-corrected chi connectivity index (χ1v) is 9.72. The minimum Gasteiger partial charge on any atom is -0.372 e. The van der Waals surface area contributed by atoms with Crippen LogP contribution >= 0.6 is 11.6 Å². The van der Waals surface area contributed by atoms with Gasteiger partial charge in [-0.15, -0.1) is 0 Å². The molecule has 1 amide bonds. The lowest BCUT2D eigenvalue weighted by molar-refractivity contribution is -0.106. The van der Waals surface area contributed by atoms with Gasteiger partial charge in [0, 0.05) is 10.6 Å². The smallest absolute Gasteiger partial charge is 0.238 e. The Balaban J connectivity index is 0.000000817. The summed E-state index contributed by atoms with van der Waals surface area (Å²) in [4.78, 5) is 8.65. The Bertz CT molecular complexity index is 1040. The third-order valence-corrected chi connectivity index (χ3v) is 5.07. The van der Waals surface area contributed by atoms with E-state index in [0.717, 1.165) is 28.2 Å². The first kappa shape index (κ1) is 20.6. The van der Waals surface area contributed by atoms with E-state index in [2.05, 4.69) is 10.8 Å². The molecule has 0 fully saturated rings. The maximum atomic E-state index is 11.4. The number of rotatable bonds is 3. The van der Waals surface area contributed by atoms with Crippen LogP contribution in [0.1, 0.15) is 11.3 Å². The predicted octanol–water partition coefficient (Wildman–Crippen LogP) is 2.56. The summed E-state index contributed by atoms with van der Waals surface area (Å²) in [7, 11) is -3.72. The molecule has 0 atom stereocenters. The monoisotopic (exact) mass is 406 g/mol. The van der Waals surface area contributed by atoms with E-state index in [-0.39, 0.29) is 11.3 Å². The van der Waals surface area contributed by atoms with E-state index in [0.29, 0.717) is 5.02 Å². The molecule has 0 bridgehead atoms. The number of aryl methyl sites for hydroxylation is 1. The Hall–Kier alpha value is -2.68. The summed E-state index contributed by atoms with van der Waals surface area (Å²) in [5.74, 6) is 0. The maximum absolute atomic E-state index is 11.4. The number of primary amides is 1. The Labute approximate surface area is 162 Å². The number of carbonyl (C=O) groups is 1. The Morgan fingerprint density at radius 2 is 1.56 bits per heavy atom. The number of nitrogens with two attached hydrogens (primary N) is 2. The highest BCUT2D eigenvalue weighted by Crippen LogP contribution is 2.29. The zero-order valence-corrected chi connectivity index (χ0v) is 16.3. The van der Waals surface area contributed by atoms with E-state index >= 15 is 0 Å². The topological polar surface area (TPSA) is 121 Å². The van der Waals surface area contributed by atoms with Gasteiger partial charge in [-0.3, -0.25) is 4.79 Å². The van der Waals surface area contributed by atoms with Crippen LogP contribution in [-0.4, -0.2) is 24.6 Å². The van der Waals surface area contributed by atoms with Gasteiger partial charge >= 0.3 is 0 Å². The number of halogens is 1. The number of hydrogen-bond acceptors (Lipinski definition) is 4. The summed E-state index contributed by atoms with van der Waals surface area (Å²) < 4.78 is 24.6. The number of aromatic nitrogens is 2. The molecule has 4 N–H and O–H groups in total. The zero-order valence-electron chi connectivity index (χ0n) is 14.8. The molecule has 0 spiro atoms. The lowest BCUT2D eigenvalue weighted by Crippen LogP contribution is -2.12. The molecule has 0 aliphatic heterocycles. The molecule has 1 heterocycles. The second-order valence-corrected chi connectivity index (χ2v) is 7.65. The summed E-state index contributed by atoms with van der Waals surface area (Å²) in [6.45, 7) is 3.94. The van der Waals surface area contributed by atoms with E-state index in [1.807, 2.05) is 38.1 Å². The molecule has 0 saturated carbocycles. The largest absolute Gasteiger partial charge is 0.372 e. The highest BCUT2D eigenvalue weighted by Gasteiger charge is 2.16. The summed E-state index contributed by atoms with van der Waals surface area (Å²) in [6.07, 6.45) is 0.250. The van der Waals surface area contributed by atoms with Crippen LogP contribution in [0.15, 0.2) is 53.4 Å². The van der Waals surface area contributed by atoms with Crippen LogP contribution in [0.5, 0.6) is 0 Å². The van der Waals surface area contributed by atoms with Crippen molar-refractivity contribution in [2.45, 2.75) is 18.7 Å². The molecule has 3 aromatic rings. The van der Waals surface area contributed by atoms with Gasteiger partial charge in [0.05, 0.1) is 22.0 Å². The van der Waals surface area contributed by atoms with E-state index in [1.54, 1.807) is 16.8 Å². The standard InChI is InChI=1S/C17H16ClN3O2S.CH3NO/c1-11-12(2)20-21(17(11)13-3-5-14(18)6-4-13)15-7-9-16(10-8-15)24(19,22)23;2-1-3/h3-10H,1-2H3,(H2,19,22,23);1H,(H2,2,3). The zero-order chi connectivity index (χ0) is 20.2. The molecule has 2 aromatic carbocycles. The first-order chi connectivity index (χ1) is 12.7. The van der Waals surface area contributed by atoms with Crippen LogP contribution < -0.4 is 10.9 Å². The average molecular weight is 407 g/mol. The molecule has 1 aromatic heterocycles. The first-order valence-electron chi connectivity index (χ1n) is 7.79. The highest BCUT2D eigenvalue weighted by atomic mass is 35.5. The van der Waals surface area contributed by atoms with Gasteiger partial charge in [0.2, 0.25) is 16.4 Å². The van der Waals surface area contributed by atoms with Crippen molar-refractivity contribution in [2.24, 2.45) is 10.9 Å². The second kappa shape index (κ2) is 8.34. The maximum Gasteiger partial charge on any atom is 0.238 e. The second-order valence-electron chi connectivity index (χ2n) is 5.65. The lowest BCUT2D eigenvalue weighted by atomic mass is 10.1. The van der Waals surface area contributed by atoms with Gasteiger partial charge in [-0.2, -0.15) is 5.10 Å². The van der Waals surface area contributed by atoms with E-state index in [9.17, 15) is 8.42 Å². The molecular formula is C18H19ClN4O3S. The van der Waals surface area contributed by atoms with Crippen LogP contribution in [0, 0.1) is 13.8 Å². The molecular weight excluding hydrogens is 388 g/mol. The fraction of sp³-hybridized carbons (Fsp3) is 0.111. The average Bonchev–Trinajstić information content (AvgIpc) is 2.91. The van der Waals surface area contributed by atoms with Gasteiger partial charge in [-0.1, -0.05) is 23.7 Å². The van der Waals surface area contributed by atoms with Gasteiger partial charge < -0.3 is 5.73 Å². The van der Waals surface area contributed by atoms with E-state index in [1.165, 1.54) is 12.1 Å². The summed E-state index contributed by atoms with van der Waals surface area (Å²) in [6, 6.07) is 13.8. The molecule has 7 nitrogen and oxygen atoms in total. The van der Waals surface area contributed by atoms with Crippen molar-refractivity contribution in [1.29, 1.82) is 0 Å². The number of sulfonamides is 1. The number of nitrogens with zero attached hydrogens (tertiary/aromatic N) is 2. The Kier molecular flexibility index (Phi) is 6.37. The number of amides is 1. The minimum absolute atomic E-state index is 0.0693. The van der Waals surface area contributed by atoms with Gasteiger partial charge in [0.1, 0.15) is 0 Å². The highest BCUT2D eigenvalue weighted by molar-refractivity contribution is 7.89. The quantitative estimate of drug-likeness (QED) is 0.649. The number of benzene rings is 2. The van der Waals surface area contributed by atoms with Crippen molar-refractivity contribution in [3.05, 3.63) is 64.8 Å². The van der Waals surface area contributed by atoms with Crippen LogP contribution in [0.3, 0.4) is 0 Å².